The van der Waals surface area contributed by atoms with Crippen LogP contribution < -0.4 is 5.32 Å². The molecule has 2 rings (SSSR count). The summed E-state index contributed by atoms with van der Waals surface area (Å²) in [7, 11) is 1.77. The zero-order chi connectivity index (χ0) is 14.0. The number of nitrogens with one attached hydrogen (secondary N) is 1. The molecular formula is C12H19N5O2. The molecule has 0 saturated carbocycles. The van der Waals surface area contributed by atoms with Gasteiger partial charge in [0.15, 0.2) is 0 Å². The van der Waals surface area contributed by atoms with Gasteiger partial charge in [-0.05, 0) is 13.3 Å². The number of amides is 2. The Morgan fingerprint density at radius 2 is 2.16 bits per heavy atom. The van der Waals surface area contributed by atoms with Crippen LogP contribution >= 0.6 is 0 Å². The Morgan fingerprint density at radius 3 is 2.74 bits per heavy atom. The first-order valence-electron chi connectivity index (χ1n) is 6.48. The number of nitrogens with zero attached hydrogens (tertiary/aromatic N) is 4. The van der Waals surface area contributed by atoms with Crippen LogP contribution in [-0.4, -0.2) is 43.6 Å². The molecule has 7 heteroatoms. The topological polar surface area (TPSA) is 80.1 Å². The van der Waals surface area contributed by atoms with Gasteiger partial charge in [0.2, 0.25) is 11.8 Å². The molecule has 0 bridgehead atoms. The largest absolute Gasteiger partial charge is 0.343 e. The van der Waals surface area contributed by atoms with E-state index in [1.165, 1.54) is 6.33 Å². The minimum absolute atomic E-state index is 0.0685. The summed E-state index contributed by atoms with van der Waals surface area (Å²) in [5.74, 6) is 0.522. The number of hydrogen-bond donors (Lipinski definition) is 1. The Hall–Kier alpha value is -1.92. The highest BCUT2D eigenvalue weighted by atomic mass is 16.2. The predicted octanol–water partition coefficient (Wildman–Crippen LogP) is -0.169. The molecule has 1 fully saturated rings. The van der Waals surface area contributed by atoms with Crippen molar-refractivity contribution in [1.82, 2.24) is 25.0 Å². The molecule has 104 valence electrons. The van der Waals surface area contributed by atoms with E-state index >= 15 is 0 Å². The highest BCUT2D eigenvalue weighted by Gasteiger charge is 2.38. The SMILES string of the molecule is CCCC1C(=O)NC(C)C(=O)N1Cc1ncnn1C. The lowest BCUT2D eigenvalue weighted by Crippen LogP contribution is -2.62. The van der Waals surface area contributed by atoms with Crippen molar-refractivity contribution in [2.75, 3.05) is 0 Å². The van der Waals surface area contributed by atoms with Gasteiger partial charge in [-0.1, -0.05) is 13.3 Å². The van der Waals surface area contributed by atoms with Crippen LogP contribution in [0.2, 0.25) is 0 Å². The molecule has 2 heterocycles. The Kier molecular flexibility index (Phi) is 3.82. The van der Waals surface area contributed by atoms with Crippen molar-refractivity contribution in [3.8, 4) is 0 Å². The van der Waals surface area contributed by atoms with Gasteiger partial charge in [0.05, 0.1) is 6.54 Å². The van der Waals surface area contributed by atoms with Gasteiger partial charge >= 0.3 is 0 Å². The maximum Gasteiger partial charge on any atom is 0.245 e. The van der Waals surface area contributed by atoms with Crippen LogP contribution in [0.15, 0.2) is 6.33 Å². The van der Waals surface area contributed by atoms with E-state index < -0.39 is 12.1 Å². The summed E-state index contributed by atoms with van der Waals surface area (Å²) in [5.41, 5.74) is 0. The van der Waals surface area contributed by atoms with E-state index in [0.717, 1.165) is 6.42 Å². The minimum atomic E-state index is -0.478. The lowest BCUT2D eigenvalue weighted by Gasteiger charge is -2.37. The number of piperazine rings is 1. The summed E-state index contributed by atoms with van der Waals surface area (Å²) in [6.45, 7) is 4.01. The Bertz CT molecular complexity index is 484. The Labute approximate surface area is 112 Å². The van der Waals surface area contributed by atoms with Crippen molar-refractivity contribution in [3.05, 3.63) is 12.2 Å². The van der Waals surface area contributed by atoms with Gasteiger partial charge in [0.25, 0.3) is 0 Å². The highest BCUT2D eigenvalue weighted by Crippen LogP contribution is 2.17. The van der Waals surface area contributed by atoms with E-state index in [9.17, 15) is 9.59 Å². The van der Waals surface area contributed by atoms with Crippen molar-refractivity contribution in [2.45, 2.75) is 45.3 Å². The minimum Gasteiger partial charge on any atom is -0.343 e. The Morgan fingerprint density at radius 1 is 1.42 bits per heavy atom. The van der Waals surface area contributed by atoms with Crippen LogP contribution in [0.1, 0.15) is 32.5 Å². The number of carbonyl (C=O) groups excluding carboxylic acids is 2. The second-order valence-electron chi connectivity index (χ2n) is 4.80. The van der Waals surface area contributed by atoms with E-state index in [1.807, 2.05) is 6.92 Å². The standard InChI is InChI=1S/C12H19N5O2/c1-4-5-9-11(18)15-8(2)12(19)17(9)6-10-13-7-14-16(10)3/h7-9H,4-6H2,1-3H3,(H,15,18). The number of aromatic nitrogens is 3. The summed E-state index contributed by atoms with van der Waals surface area (Å²) < 4.78 is 1.62. The van der Waals surface area contributed by atoms with Crippen LogP contribution in [-0.2, 0) is 23.2 Å². The lowest BCUT2D eigenvalue weighted by molar-refractivity contribution is -0.150. The fourth-order valence-corrected chi connectivity index (χ4v) is 2.28. The van der Waals surface area contributed by atoms with Crippen LogP contribution in [0, 0.1) is 0 Å². The quantitative estimate of drug-likeness (QED) is 0.819. The third-order valence-corrected chi connectivity index (χ3v) is 3.37. The molecule has 0 spiro atoms. The van der Waals surface area contributed by atoms with Crippen molar-refractivity contribution in [1.29, 1.82) is 0 Å². The second kappa shape index (κ2) is 5.38. The van der Waals surface area contributed by atoms with Crippen LogP contribution in [0.5, 0.6) is 0 Å². The summed E-state index contributed by atoms with van der Waals surface area (Å²) in [4.78, 5) is 30.0. The van der Waals surface area contributed by atoms with Crippen LogP contribution in [0.25, 0.3) is 0 Å². The lowest BCUT2D eigenvalue weighted by atomic mass is 10.0. The summed E-state index contributed by atoms with van der Waals surface area (Å²) >= 11 is 0. The highest BCUT2D eigenvalue weighted by molar-refractivity contribution is 5.96. The molecule has 0 aromatic carbocycles. The maximum atomic E-state index is 12.2. The van der Waals surface area contributed by atoms with Crippen molar-refractivity contribution in [2.24, 2.45) is 7.05 Å². The second-order valence-corrected chi connectivity index (χ2v) is 4.80. The molecule has 1 aromatic rings. The molecule has 0 radical (unpaired) electrons. The fraction of sp³-hybridized carbons (Fsp3) is 0.667. The van der Waals surface area contributed by atoms with E-state index in [2.05, 4.69) is 15.4 Å². The molecule has 1 N–H and O–H groups in total. The zero-order valence-corrected chi connectivity index (χ0v) is 11.5. The van der Waals surface area contributed by atoms with E-state index in [1.54, 1.807) is 23.6 Å². The number of rotatable bonds is 4. The van der Waals surface area contributed by atoms with Gasteiger partial charge in [0.1, 0.15) is 24.2 Å². The summed E-state index contributed by atoms with van der Waals surface area (Å²) in [6.07, 6.45) is 2.94. The van der Waals surface area contributed by atoms with Gasteiger partial charge in [0, 0.05) is 7.05 Å². The smallest absolute Gasteiger partial charge is 0.245 e. The first-order valence-corrected chi connectivity index (χ1v) is 6.48. The average molecular weight is 265 g/mol. The normalized spacial score (nSPS) is 23.6. The first-order chi connectivity index (χ1) is 9.04. The first kappa shape index (κ1) is 13.5. The third-order valence-electron chi connectivity index (χ3n) is 3.37. The molecular weight excluding hydrogens is 246 g/mol. The van der Waals surface area contributed by atoms with Gasteiger partial charge in [-0.25, -0.2) is 4.98 Å². The van der Waals surface area contributed by atoms with E-state index in [0.29, 0.717) is 18.8 Å². The van der Waals surface area contributed by atoms with Gasteiger partial charge in [-0.15, -0.1) is 0 Å². The average Bonchev–Trinajstić information content (AvgIpc) is 2.76. The van der Waals surface area contributed by atoms with Crippen LogP contribution in [0.3, 0.4) is 0 Å². The molecule has 0 aliphatic carbocycles. The third kappa shape index (κ3) is 2.59. The van der Waals surface area contributed by atoms with E-state index in [-0.39, 0.29) is 11.8 Å². The molecule has 1 saturated heterocycles. The number of carbonyl (C=O) groups is 2. The summed E-state index contributed by atoms with van der Waals surface area (Å²) in [5, 5.41) is 6.70. The molecule has 19 heavy (non-hydrogen) atoms. The van der Waals surface area contributed by atoms with Crippen LogP contribution in [0.4, 0.5) is 0 Å². The molecule has 7 nitrogen and oxygen atoms in total. The maximum absolute atomic E-state index is 12.2. The van der Waals surface area contributed by atoms with Crippen molar-refractivity contribution >= 4 is 11.8 Å². The molecule has 2 atom stereocenters. The Balaban J connectivity index is 2.23. The van der Waals surface area contributed by atoms with Gasteiger partial charge < -0.3 is 10.2 Å². The number of aryl methyl sites for hydroxylation is 1. The molecule has 1 aromatic heterocycles. The van der Waals surface area contributed by atoms with E-state index in [4.69, 9.17) is 0 Å². The molecule has 2 unspecified atom stereocenters. The van der Waals surface area contributed by atoms with Gasteiger partial charge in [-0.3, -0.25) is 14.3 Å². The monoisotopic (exact) mass is 265 g/mol. The molecule has 1 aliphatic heterocycles. The van der Waals surface area contributed by atoms with Crippen molar-refractivity contribution < 1.29 is 9.59 Å². The zero-order valence-electron chi connectivity index (χ0n) is 11.5. The van der Waals surface area contributed by atoms with Crippen molar-refractivity contribution in [3.63, 3.8) is 0 Å². The molecule has 2 amide bonds. The molecule has 1 aliphatic rings. The summed E-state index contributed by atoms with van der Waals surface area (Å²) in [6, 6.07) is -0.890. The van der Waals surface area contributed by atoms with Gasteiger partial charge in [-0.2, -0.15) is 5.10 Å². The fourth-order valence-electron chi connectivity index (χ4n) is 2.28. The predicted molar refractivity (Wildman–Crippen MR) is 67.9 cm³/mol. The number of hydrogen-bond acceptors (Lipinski definition) is 4.